The fourth-order valence-corrected chi connectivity index (χ4v) is 0.676. The smallest absolute Gasteiger partial charge is 0.453 e. The van der Waals surface area contributed by atoms with Crippen molar-refractivity contribution in [2.45, 2.75) is 45.4 Å². The lowest BCUT2D eigenvalue weighted by Crippen LogP contribution is -2.36. The second kappa shape index (κ2) is 3.98. The molecule has 0 rings (SSSR count). The number of ether oxygens (including phenoxy) is 1. The lowest BCUT2D eigenvalue weighted by Gasteiger charge is -2.27. The summed E-state index contributed by atoms with van der Waals surface area (Å²) >= 11 is 0. The summed E-state index contributed by atoms with van der Waals surface area (Å²) in [7, 11) is 0. The third kappa shape index (κ3) is 3.65. The maximum atomic E-state index is 11.8. The van der Waals surface area contributed by atoms with E-state index in [0.717, 1.165) is 0 Å². The quantitative estimate of drug-likeness (QED) is 0.651. The van der Waals surface area contributed by atoms with Gasteiger partial charge in [0.2, 0.25) is 0 Å². The Bertz CT molecular complexity index is 182. The highest BCUT2D eigenvalue weighted by Crippen LogP contribution is 2.25. The molecule has 0 unspecified atom stereocenters. The van der Waals surface area contributed by atoms with Crippen LogP contribution in [0.4, 0.5) is 13.2 Å². The minimum atomic E-state index is -4.90. The molecule has 0 aromatic heterocycles. The first-order chi connectivity index (χ1) is 5.75. The zero-order valence-electron chi connectivity index (χ0n) is 7.86. The number of hydrogen-bond donors (Lipinski definition) is 0. The van der Waals surface area contributed by atoms with E-state index in [1.54, 1.807) is 13.8 Å². The van der Waals surface area contributed by atoms with Gasteiger partial charge in [-0.2, -0.15) is 13.2 Å². The van der Waals surface area contributed by atoms with Crippen LogP contribution in [0.5, 0.6) is 0 Å². The van der Waals surface area contributed by atoms with E-state index >= 15 is 0 Å². The third-order valence-corrected chi connectivity index (χ3v) is 2.07. The monoisotopic (exact) mass is 198 g/mol. The van der Waals surface area contributed by atoms with E-state index in [1.807, 2.05) is 0 Å². The van der Waals surface area contributed by atoms with Crippen LogP contribution in [0.3, 0.4) is 0 Å². The van der Waals surface area contributed by atoms with Crippen LogP contribution >= 0.6 is 0 Å². The van der Waals surface area contributed by atoms with Crippen LogP contribution in [0.2, 0.25) is 0 Å². The van der Waals surface area contributed by atoms with Gasteiger partial charge < -0.3 is 4.74 Å². The number of carbonyl (C=O) groups excluding carboxylic acids is 1. The molecule has 0 heterocycles. The van der Waals surface area contributed by atoms with Gasteiger partial charge in [-0.1, -0.05) is 13.8 Å². The molecule has 2 nitrogen and oxygen atoms in total. The largest absolute Gasteiger partial charge is 0.490 e. The number of esters is 1. The lowest BCUT2D eigenvalue weighted by molar-refractivity contribution is -0.213. The van der Waals surface area contributed by atoms with Crippen molar-refractivity contribution in [3.8, 4) is 0 Å². The molecule has 0 fully saturated rings. The summed E-state index contributed by atoms with van der Waals surface area (Å²) in [5, 5.41) is 0. The van der Waals surface area contributed by atoms with Gasteiger partial charge in [0.25, 0.3) is 0 Å². The Kier molecular flexibility index (Phi) is 3.75. The van der Waals surface area contributed by atoms with Crippen LogP contribution < -0.4 is 0 Å². The molecule has 13 heavy (non-hydrogen) atoms. The van der Waals surface area contributed by atoms with Crippen LogP contribution in [-0.2, 0) is 9.53 Å². The second-order valence-corrected chi connectivity index (χ2v) is 3.04. The van der Waals surface area contributed by atoms with Crippen LogP contribution in [0, 0.1) is 0 Å². The number of alkyl halides is 3. The van der Waals surface area contributed by atoms with Gasteiger partial charge in [-0.05, 0) is 19.8 Å². The summed E-state index contributed by atoms with van der Waals surface area (Å²) in [6.45, 7) is 4.83. The standard InChI is InChI=1S/C8H13F3O2/c1-4-7(3,5-2)13-6(12)8(9,10)11/h4-5H2,1-3H3. The first-order valence-corrected chi connectivity index (χ1v) is 4.05. The van der Waals surface area contributed by atoms with Crippen molar-refractivity contribution in [2.75, 3.05) is 0 Å². The SMILES string of the molecule is CCC(C)(CC)OC(=O)C(F)(F)F. The lowest BCUT2D eigenvalue weighted by atomic mass is 10.0. The molecule has 0 amide bonds. The first kappa shape index (κ1) is 12.3. The maximum absolute atomic E-state index is 11.8. The first-order valence-electron chi connectivity index (χ1n) is 4.05. The van der Waals surface area contributed by atoms with Crippen molar-refractivity contribution in [1.82, 2.24) is 0 Å². The molecule has 0 aromatic carbocycles. The van der Waals surface area contributed by atoms with E-state index in [2.05, 4.69) is 4.74 Å². The van der Waals surface area contributed by atoms with E-state index in [-0.39, 0.29) is 0 Å². The summed E-state index contributed by atoms with van der Waals surface area (Å²) in [6, 6.07) is 0. The van der Waals surface area contributed by atoms with Gasteiger partial charge in [0.1, 0.15) is 5.60 Å². The molecule has 0 atom stereocenters. The molecule has 0 bridgehead atoms. The summed E-state index contributed by atoms with van der Waals surface area (Å²) in [5.41, 5.74) is -1.01. The van der Waals surface area contributed by atoms with Crippen molar-refractivity contribution in [1.29, 1.82) is 0 Å². The number of halogens is 3. The minimum Gasteiger partial charge on any atom is -0.453 e. The molecule has 78 valence electrons. The normalized spacial score (nSPS) is 12.8. The fraction of sp³-hybridized carbons (Fsp3) is 0.875. The van der Waals surface area contributed by atoms with E-state index in [4.69, 9.17) is 0 Å². The molecule has 5 heteroatoms. The van der Waals surface area contributed by atoms with Crippen molar-refractivity contribution in [3.05, 3.63) is 0 Å². The molecule has 0 spiro atoms. The average Bonchev–Trinajstić information content (AvgIpc) is 2.02. The van der Waals surface area contributed by atoms with Crippen LogP contribution in [-0.4, -0.2) is 17.7 Å². The Hall–Kier alpha value is -0.740. The minimum absolute atomic E-state index is 0.366. The zero-order valence-corrected chi connectivity index (χ0v) is 7.86. The van der Waals surface area contributed by atoms with Gasteiger partial charge in [-0.25, -0.2) is 4.79 Å². The molecule has 0 aliphatic heterocycles. The summed E-state index contributed by atoms with van der Waals surface area (Å²) in [5.74, 6) is -2.11. The molecule has 0 aliphatic carbocycles. The van der Waals surface area contributed by atoms with Gasteiger partial charge in [0.15, 0.2) is 0 Å². The molecule has 0 saturated carbocycles. The number of rotatable bonds is 3. The topological polar surface area (TPSA) is 26.3 Å². The van der Waals surface area contributed by atoms with Crippen LogP contribution in [0.25, 0.3) is 0 Å². The van der Waals surface area contributed by atoms with Crippen molar-refractivity contribution in [3.63, 3.8) is 0 Å². The zero-order chi connectivity index (χ0) is 10.7. The van der Waals surface area contributed by atoms with Crippen LogP contribution in [0.1, 0.15) is 33.6 Å². The Morgan fingerprint density at radius 1 is 1.23 bits per heavy atom. The number of hydrogen-bond acceptors (Lipinski definition) is 2. The highest BCUT2D eigenvalue weighted by atomic mass is 19.4. The number of carbonyl (C=O) groups is 1. The van der Waals surface area contributed by atoms with Gasteiger partial charge in [0, 0.05) is 0 Å². The molecule has 0 saturated heterocycles. The van der Waals surface area contributed by atoms with E-state index in [0.29, 0.717) is 12.8 Å². The summed E-state index contributed by atoms with van der Waals surface area (Å²) < 4.78 is 39.7. The third-order valence-electron chi connectivity index (χ3n) is 2.07. The fourth-order valence-electron chi connectivity index (χ4n) is 0.676. The van der Waals surface area contributed by atoms with Gasteiger partial charge >= 0.3 is 12.1 Å². The highest BCUT2D eigenvalue weighted by Gasteiger charge is 2.44. The molecule has 0 radical (unpaired) electrons. The van der Waals surface area contributed by atoms with Crippen molar-refractivity contribution in [2.24, 2.45) is 0 Å². The predicted molar refractivity (Wildman–Crippen MR) is 41.1 cm³/mol. The maximum Gasteiger partial charge on any atom is 0.490 e. The van der Waals surface area contributed by atoms with E-state index in [9.17, 15) is 18.0 Å². The predicted octanol–water partition coefficient (Wildman–Crippen LogP) is 2.67. The molecule has 0 N–H and O–H groups in total. The van der Waals surface area contributed by atoms with Crippen molar-refractivity contribution >= 4 is 5.97 Å². The van der Waals surface area contributed by atoms with Gasteiger partial charge in [-0.15, -0.1) is 0 Å². The molecule has 0 aliphatic rings. The van der Waals surface area contributed by atoms with Crippen LogP contribution in [0.15, 0.2) is 0 Å². The average molecular weight is 198 g/mol. The Labute approximate surface area is 75.1 Å². The molecular formula is C8H13F3O2. The van der Waals surface area contributed by atoms with E-state index in [1.165, 1.54) is 6.92 Å². The Morgan fingerprint density at radius 3 is 1.85 bits per heavy atom. The Morgan fingerprint density at radius 2 is 1.62 bits per heavy atom. The van der Waals surface area contributed by atoms with Gasteiger partial charge in [0.05, 0.1) is 0 Å². The Balaban J connectivity index is 4.35. The van der Waals surface area contributed by atoms with Gasteiger partial charge in [-0.3, -0.25) is 0 Å². The summed E-state index contributed by atoms with van der Waals surface area (Å²) in [6.07, 6.45) is -4.16. The van der Waals surface area contributed by atoms with Crippen molar-refractivity contribution < 1.29 is 22.7 Å². The summed E-state index contributed by atoms with van der Waals surface area (Å²) in [4.78, 5) is 10.5. The highest BCUT2D eigenvalue weighted by molar-refractivity contribution is 5.76. The van der Waals surface area contributed by atoms with E-state index < -0.39 is 17.7 Å². The second-order valence-electron chi connectivity index (χ2n) is 3.04. The molecule has 0 aromatic rings. The molecular weight excluding hydrogens is 185 g/mol.